The molecule has 0 radical (unpaired) electrons. The van der Waals surface area contributed by atoms with Crippen LogP contribution in [0.25, 0.3) is 0 Å². The first kappa shape index (κ1) is 15.4. The van der Waals surface area contributed by atoms with Crippen molar-refractivity contribution in [3.8, 4) is 0 Å². The maximum Gasteiger partial charge on any atom is 0.146 e. The van der Waals surface area contributed by atoms with E-state index in [4.69, 9.17) is 5.73 Å². The third kappa shape index (κ3) is 3.58. The average molecular weight is 287 g/mol. The number of halogens is 1. The lowest BCUT2D eigenvalue weighted by Gasteiger charge is -2.27. The van der Waals surface area contributed by atoms with Crippen LogP contribution in [0, 0.1) is 12.7 Å². The van der Waals surface area contributed by atoms with Gasteiger partial charge >= 0.3 is 0 Å². The van der Waals surface area contributed by atoms with Gasteiger partial charge in [-0.2, -0.15) is 0 Å². The fraction of sp³-hybridized carbons (Fsp3) is 0.353. The first-order valence-corrected chi connectivity index (χ1v) is 7.24. The smallest absolute Gasteiger partial charge is 0.146 e. The van der Waals surface area contributed by atoms with Gasteiger partial charge in [-0.1, -0.05) is 18.2 Å². The molecule has 0 aliphatic heterocycles. The Bertz CT molecular complexity index is 611. The number of nitrogens with two attached hydrogens (primary N) is 1. The number of anilines is 1. The molecule has 1 aromatic carbocycles. The fourth-order valence-corrected chi connectivity index (χ4v) is 2.47. The summed E-state index contributed by atoms with van der Waals surface area (Å²) in [6.07, 6.45) is 0. The zero-order valence-electron chi connectivity index (χ0n) is 12.8. The number of rotatable bonds is 5. The van der Waals surface area contributed by atoms with E-state index < -0.39 is 0 Å². The zero-order valence-corrected chi connectivity index (χ0v) is 12.8. The molecule has 0 aliphatic rings. The van der Waals surface area contributed by atoms with Gasteiger partial charge in [0.05, 0.1) is 17.9 Å². The van der Waals surface area contributed by atoms with Crippen molar-refractivity contribution in [2.75, 3.05) is 11.4 Å². The van der Waals surface area contributed by atoms with Crippen LogP contribution < -0.4 is 10.6 Å². The van der Waals surface area contributed by atoms with Gasteiger partial charge in [0.2, 0.25) is 0 Å². The molecule has 0 aliphatic carbocycles. The molecule has 1 heterocycles. The number of benzene rings is 1. The molecule has 112 valence electrons. The molecule has 0 spiro atoms. The van der Waals surface area contributed by atoms with Gasteiger partial charge in [0.15, 0.2) is 0 Å². The van der Waals surface area contributed by atoms with Gasteiger partial charge in [-0.05, 0) is 44.5 Å². The van der Waals surface area contributed by atoms with Crippen LogP contribution in [-0.4, -0.2) is 11.5 Å². The minimum Gasteiger partial charge on any atom is -0.363 e. The van der Waals surface area contributed by atoms with Crippen molar-refractivity contribution in [1.29, 1.82) is 0 Å². The number of aryl methyl sites for hydroxylation is 1. The van der Waals surface area contributed by atoms with Crippen LogP contribution in [0.15, 0.2) is 36.4 Å². The largest absolute Gasteiger partial charge is 0.363 e. The molecular formula is C17H22FN3. The molecule has 1 aromatic heterocycles. The van der Waals surface area contributed by atoms with Gasteiger partial charge < -0.3 is 10.6 Å². The highest BCUT2D eigenvalue weighted by Crippen LogP contribution is 2.29. The van der Waals surface area contributed by atoms with E-state index in [1.54, 1.807) is 6.07 Å². The SMILES string of the molecule is CCN(Cc1cccc(C)n1)c1c(F)cccc1[C@H](C)N. The molecule has 0 fully saturated rings. The number of aromatic nitrogens is 1. The summed E-state index contributed by atoms with van der Waals surface area (Å²) in [6.45, 7) is 7.09. The van der Waals surface area contributed by atoms with Crippen molar-refractivity contribution in [1.82, 2.24) is 4.98 Å². The Kier molecular flexibility index (Phi) is 4.91. The van der Waals surface area contributed by atoms with E-state index >= 15 is 0 Å². The number of hydrogen-bond donors (Lipinski definition) is 1. The Labute approximate surface area is 125 Å². The van der Waals surface area contributed by atoms with E-state index in [-0.39, 0.29) is 11.9 Å². The van der Waals surface area contributed by atoms with Gasteiger partial charge in [0.1, 0.15) is 5.82 Å². The second-order valence-electron chi connectivity index (χ2n) is 5.25. The third-order valence-electron chi connectivity index (χ3n) is 3.51. The van der Waals surface area contributed by atoms with Crippen LogP contribution in [0.4, 0.5) is 10.1 Å². The van der Waals surface area contributed by atoms with Crippen molar-refractivity contribution >= 4 is 5.69 Å². The van der Waals surface area contributed by atoms with E-state index in [1.165, 1.54) is 6.07 Å². The average Bonchev–Trinajstić information content (AvgIpc) is 2.45. The molecule has 0 amide bonds. The van der Waals surface area contributed by atoms with E-state index in [1.807, 2.05) is 49.9 Å². The van der Waals surface area contributed by atoms with Gasteiger partial charge in [0.25, 0.3) is 0 Å². The zero-order chi connectivity index (χ0) is 15.4. The monoisotopic (exact) mass is 287 g/mol. The van der Waals surface area contributed by atoms with Gasteiger partial charge in [-0.25, -0.2) is 4.39 Å². The topological polar surface area (TPSA) is 42.2 Å². The predicted molar refractivity (Wildman–Crippen MR) is 84.7 cm³/mol. The van der Waals surface area contributed by atoms with Gasteiger partial charge in [0, 0.05) is 18.3 Å². The predicted octanol–water partition coefficient (Wildman–Crippen LogP) is 3.58. The molecule has 1 atom stereocenters. The molecule has 2 aromatic rings. The lowest BCUT2D eigenvalue weighted by Crippen LogP contribution is -2.26. The highest BCUT2D eigenvalue weighted by molar-refractivity contribution is 5.56. The van der Waals surface area contributed by atoms with Crippen LogP contribution in [-0.2, 0) is 6.54 Å². The normalized spacial score (nSPS) is 12.2. The molecule has 21 heavy (non-hydrogen) atoms. The van der Waals surface area contributed by atoms with Crippen molar-refractivity contribution in [3.05, 3.63) is 59.2 Å². The Morgan fingerprint density at radius 1 is 1.24 bits per heavy atom. The third-order valence-corrected chi connectivity index (χ3v) is 3.51. The number of nitrogens with zero attached hydrogens (tertiary/aromatic N) is 2. The summed E-state index contributed by atoms with van der Waals surface area (Å²) in [5.74, 6) is -0.237. The quantitative estimate of drug-likeness (QED) is 0.914. The van der Waals surface area contributed by atoms with Crippen molar-refractivity contribution in [3.63, 3.8) is 0 Å². The highest BCUT2D eigenvalue weighted by atomic mass is 19.1. The van der Waals surface area contributed by atoms with Crippen molar-refractivity contribution in [2.24, 2.45) is 5.73 Å². The van der Waals surface area contributed by atoms with Crippen LogP contribution in [0.1, 0.15) is 36.8 Å². The number of pyridine rings is 1. The second kappa shape index (κ2) is 6.68. The lowest BCUT2D eigenvalue weighted by atomic mass is 10.0. The Hall–Kier alpha value is -1.94. The molecule has 0 saturated carbocycles. The van der Waals surface area contributed by atoms with Crippen molar-refractivity contribution < 1.29 is 4.39 Å². The highest BCUT2D eigenvalue weighted by Gasteiger charge is 2.17. The summed E-state index contributed by atoms with van der Waals surface area (Å²) in [5.41, 5.74) is 9.28. The lowest BCUT2D eigenvalue weighted by molar-refractivity contribution is 0.610. The van der Waals surface area contributed by atoms with E-state index in [9.17, 15) is 4.39 Å². The molecule has 0 unspecified atom stereocenters. The summed E-state index contributed by atoms with van der Waals surface area (Å²) in [5, 5.41) is 0. The van der Waals surface area contributed by atoms with Gasteiger partial charge in [-0.3, -0.25) is 4.98 Å². The van der Waals surface area contributed by atoms with Crippen LogP contribution in [0.3, 0.4) is 0 Å². The molecular weight excluding hydrogens is 265 g/mol. The first-order valence-electron chi connectivity index (χ1n) is 7.24. The standard InChI is InChI=1S/C17H22FN3/c1-4-21(11-14-8-5-7-12(2)20-14)17-15(13(3)19)9-6-10-16(17)18/h5-10,13H,4,11,19H2,1-3H3/t13-/m0/s1. The molecule has 0 bridgehead atoms. The minimum atomic E-state index is -0.237. The van der Waals surface area contributed by atoms with E-state index in [0.29, 0.717) is 18.8 Å². The number of para-hydroxylation sites is 1. The van der Waals surface area contributed by atoms with Crippen molar-refractivity contribution in [2.45, 2.75) is 33.4 Å². The summed E-state index contributed by atoms with van der Waals surface area (Å²) >= 11 is 0. The van der Waals surface area contributed by atoms with Gasteiger partial charge in [-0.15, -0.1) is 0 Å². The molecule has 0 saturated heterocycles. The maximum absolute atomic E-state index is 14.3. The summed E-state index contributed by atoms with van der Waals surface area (Å²) in [6, 6.07) is 10.7. The Morgan fingerprint density at radius 3 is 2.57 bits per heavy atom. The van der Waals surface area contributed by atoms with E-state index in [0.717, 1.165) is 17.0 Å². The Balaban J connectivity index is 2.38. The second-order valence-corrected chi connectivity index (χ2v) is 5.25. The maximum atomic E-state index is 14.3. The first-order chi connectivity index (χ1) is 10.0. The summed E-state index contributed by atoms with van der Waals surface area (Å²) < 4.78 is 14.3. The van der Waals surface area contributed by atoms with Crippen LogP contribution in [0.5, 0.6) is 0 Å². The van der Waals surface area contributed by atoms with Crippen LogP contribution >= 0.6 is 0 Å². The fourth-order valence-electron chi connectivity index (χ4n) is 2.47. The molecule has 2 rings (SSSR count). The minimum absolute atomic E-state index is 0.213. The molecule has 4 heteroatoms. The van der Waals surface area contributed by atoms with E-state index in [2.05, 4.69) is 4.98 Å². The molecule has 2 N–H and O–H groups in total. The molecule has 3 nitrogen and oxygen atoms in total. The number of hydrogen-bond acceptors (Lipinski definition) is 3. The Morgan fingerprint density at radius 2 is 1.95 bits per heavy atom. The summed E-state index contributed by atoms with van der Waals surface area (Å²) in [4.78, 5) is 6.48. The van der Waals surface area contributed by atoms with Crippen LogP contribution in [0.2, 0.25) is 0 Å². The summed E-state index contributed by atoms with van der Waals surface area (Å²) in [7, 11) is 0.